The number of hydrogen-bond acceptors (Lipinski definition) is 3. The van der Waals surface area contributed by atoms with Crippen molar-refractivity contribution in [1.82, 2.24) is 4.90 Å². The first kappa shape index (κ1) is 15.9. The lowest BCUT2D eigenvalue weighted by atomic mass is 9.89. The number of hydrogen-bond donors (Lipinski definition) is 2. The molecule has 1 fully saturated rings. The molecule has 2 atom stereocenters. The molecule has 18 heavy (non-hydrogen) atoms. The van der Waals surface area contributed by atoms with E-state index in [4.69, 9.17) is 5.73 Å². The predicted molar refractivity (Wildman–Crippen MR) is 77.5 cm³/mol. The zero-order chi connectivity index (χ0) is 13.6. The molecule has 2 unspecified atom stereocenters. The molecule has 1 saturated heterocycles. The van der Waals surface area contributed by atoms with Crippen LogP contribution >= 0.6 is 0 Å². The average Bonchev–Trinajstić information content (AvgIpc) is 2.54. The monoisotopic (exact) mass is 256 g/mol. The van der Waals surface area contributed by atoms with Crippen LogP contribution in [0, 0.1) is 11.8 Å². The lowest BCUT2D eigenvalue weighted by Crippen LogP contribution is -2.35. The van der Waals surface area contributed by atoms with E-state index in [1.54, 1.807) is 0 Å². The van der Waals surface area contributed by atoms with E-state index in [0.29, 0.717) is 6.54 Å². The summed E-state index contributed by atoms with van der Waals surface area (Å²) in [5.74, 6) is 1.73. The third kappa shape index (κ3) is 5.68. The van der Waals surface area contributed by atoms with Crippen LogP contribution in [0.4, 0.5) is 0 Å². The summed E-state index contributed by atoms with van der Waals surface area (Å²) in [6, 6.07) is 0. The molecular formula is C15H32N2O. The first-order valence-corrected chi connectivity index (χ1v) is 7.59. The van der Waals surface area contributed by atoms with Gasteiger partial charge in [-0.1, -0.05) is 13.8 Å². The highest BCUT2D eigenvalue weighted by molar-refractivity contribution is 4.76. The Balaban J connectivity index is 2.23. The molecule has 0 bridgehead atoms. The maximum Gasteiger partial charge on any atom is 0.0741 e. The van der Waals surface area contributed by atoms with Crippen molar-refractivity contribution < 1.29 is 5.11 Å². The predicted octanol–water partition coefficient (Wildman–Crippen LogP) is 2.23. The fraction of sp³-hybridized carbons (Fsp3) is 1.00. The van der Waals surface area contributed by atoms with Gasteiger partial charge in [0.15, 0.2) is 0 Å². The second-order valence-electron chi connectivity index (χ2n) is 6.58. The molecular weight excluding hydrogens is 224 g/mol. The summed E-state index contributed by atoms with van der Waals surface area (Å²) in [4.78, 5) is 2.56. The van der Waals surface area contributed by atoms with Crippen molar-refractivity contribution in [2.24, 2.45) is 17.6 Å². The van der Waals surface area contributed by atoms with Crippen molar-refractivity contribution in [2.75, 3.05) is 26.2 Å². The molecule has 0 aliphatic carbocycles. The largest absolute Gasteiger partial charge is 0.389 e. The van der Waals surface area contributed by atoms with Gasteiger partial charge >= 0.3 is 0 Å². The molecule has 0 radical (unpaired) electrons. The number of rotatable bonds is 6. The Bertz CT molecular complexity index is 229. The van der Waals surface area contributed by atoms with E-state index in [2.05, 4.69) is 18.7 Å². The second kappa shape index (κ2) is 7.46. The Morgan fingerprint density at radius 2 is 2.06 bits per heavy atom. The minimum Gasteiger partial charge on any atom is -0.389 e. The zero-order valence-corrected chi connectivity index (χ0v) is 12.5. The molecule has 0 aromatic carbocycles. The SMILES string of the molecule is CC(C)C1CCCN(CCCC(C)(O)CN)CC1. The van der Waals surface area contributed by atoms with Crippen molar-refractivity contribution in [3.8, 4) is 0 Å². The lowest BCUT2D eigenvalue weighted by Gasteiger charge is -2.24. The van der Waals surface area contributed by atoms with Crippen LogP contribution in [0.5, 0.6) is 0 Å². The normalized spacial score (nSPS) is 26.0. The van der Waals surface area contributed by atoms with E-state index in [9.17, 15) is 5.11 Å². The molecule has 0 spiro atoms. The highest BCUT2D eigenvalue weighted by Crippen LogP contribution is 2.24. The zero-order valence-electron chi connectivity index (χ0n) is 12.5. The van der Waals surface area contributed by atoms with E-state index < -0.39 is 5.60 Å². The molecule has 108 valence electrons. The van der Waals surface area contributed by atoms with Crippen LogP contribution in [0.25, 0.3) is 0 Å². The van der Waals surface area contributed by atoms with Crippen LogP contribution in [0.3, 0.4) is 0 Å². The topological polar surface area (TPSA) is 49.5 Å². The molecule has 0 aromatic heterocycles. The molecule has 1 heterocycles. The summed E-state index contributed by atoms with van der Waals surface area (Å²) in [5.41, 5.74) is 4.86. The Morgan fingerprint density at radius 1 is 1.33 bits per heavy atom. The van der Waals surface area contributed by atoms with E-state index in [1.165, 1.54) is 32.4 Å². The molecule has 0 amide bonds. The van der Waals surface area contributed by atoms with Gasteiger partial charge in [0.25, 0.3) is 0 Å². The van der Waals surface area contributed by atoms with Gasteiger partial charge < -0.3 is 15.7 Å². The van der Waals surface area contributed by atoms with Crippen molar-refractivity contribution >= 4 is 0 Å². The van der Waals surface area contributed by atoms with Gasteiger partial charge in [0.2, 0.25) is 0 Å². The van der Waals surface area contributed by atoms with Gasteiger partial charge in [-0.2, -0.15) is 0 Å². The summed E-state index contributed by atoms with van der Waals surface area (Å²) in [5, 5.41) is 9.88. The van der Waals surface area contributed by atoms with Crippen molar-refractivity contribution in [2.45, 2.75) is 58.5 Å². The van der Waals surface area contributed by atoms with Crippen molar-refractivity contribution in [3.05, 3.63) is 0 Å². The first-order valence-electron chi connectivity index (χ1n) is 7.59. The van der Waals surface area contributed by atoms with E-state index in [-0.39, 0.29) is 0 Å². The van der Waals surface area contributed by atoms with Crippen LogP contribution in [0.1, 0.15) is 52.9 Å². The van der Waals surface area contributed by atoms with Gasteiger partial charge in [0.05, 0.1) is 5.60 Å². The van der Waals surface area contributed by atoms with Gasteiger partial charge in [-0.05, 0) is 70.5 Å². The third-order valence-corrected chi connectivity index (χ3v) is 4.44. The summed E-state index contributed by atoms with van der Waals surface area (Å²) >= 11 is 0. The van der Waals surface area contributed by atoms with Crippen LogP contribution in [-0.2, 0) is 0 Å². The Labute approximate surface area is 113 Å². The van der Waals surface area contributed by atoms with Gasteiger partial charge in [-0.3, -0.25) is 0 Å². The van der Waals surface area contributed by atoms with Gasteiger partial charge in [0.1, 0.15) is 0 Å². The van der Waals surface area contributed by atoms with Gasteiger partial charge in [-0.25, -0.2) is 0 Å². The second-order valence-corrected chi connectivity index (χ2v) is 6.58. The first-order chi connectivity index (χ1) is 8.44. The minimum atomic E-state index is -0.674. The van der Waals surface area contributed by atoms with Gasteiger partial charge in [0, 0.05) is 6.54 Å². The lowest BCUT2D eigenvalue weighted by molar-refractivity contribution is 0.0544. The van der Waals surface area contributed by atoms with Crippen LogP contribution < -0.4 is 5.73 Å². The maximum absolute atomic E-state index is 9.88. The highest BCUT2D eigenvalue weighted by Gasteiger charge is 2.21. The average molecular weight is 256 g/mol. The molecule has 3 nitrogen and oxygen atoms in total. The number of nitrogens with zero attached hydrogens (tertiary/aromatic N) is 1. The molecule has 3 N–H and O–H groups in total. The molecule has 0 aromatic rings. The molecule has 1 aliphatic rings. The standard InChI is InChI=1S/C15H32N2O/c1-13(2)14-6-4-9-17(11-7-14)10-5-8-15(3,18)12-16/h13-14,18H,4-12,16H2,1-3H3. The van der Waals surface area contributed by atoms with Crippen LogP contribution in [-0.4, -0.2) is 41.8 Å². The van der Waals surface area contributed by atoms with E-state index in [1.807, 2.05) is 6.92 Å². The summed E-state index contributed by atoms with van der Waals surface area (Å²) < 4.78 is 0. The summed E-state index contributed by atoms with van der Waals surface area (Å²) in [7, 11) is 0. The smallest absolute Gasteiger partial charge is 0.0741 e. The number of likely N-dealkylation sites (tertiary alicyclic amines) is 1. The minimum absolute atomic E-state index is 0.364. The van der Waals surface area contributed by atoms with Crippen LogP contribution in [0.2, 0.25) is 0 Å². The molecule has 3 heteroatoms. The number of aliphatic hydroxyl groups is 1. The van der Waals surface area contributed by atoms with Crippen LogP contribution in [0.15, 0.2) is 0 Å². The fourth-order valence-corrected chi connectivity index (χ4v) is 2.86. The maximum atomic E-state index is 9.88. The van der Waals surface area contributed by atoms with Crippen molar-refractivity contribution in [1.29, 1.82) is 0 Å². The Hall–Kier alpha value is -0.120. The van der Waals surface area contributed by atoms with E-state index in [0.717, 1.165) is 31.2 Å². The summed E-state index contributed by atoms with van der Waals surface area (Å²) in [6.45, 7) is 10.5. The molecule has 1 rings (SSSR count). The number of nitrogens with two attached hydrogens (primary N) is 1. The summed E-state index contributed by atoms with van der Waals surface area (Å²) in [6.07, 6.45) is 5.92. The van der Waals surface area contributed by atoms with Gasteiger partial charge in [-0.15, -0.1) is 0 Å². The third-order valence-electron chi connectivity index (χ3n) is 4.44. The Morgan fingerprint density at radius 3 is 2.67 bits per heavy atom. The Kier molecular flexibility index (Phi) is 6.61. The highest BCUT2D eigenvalue weighted by atomic mass is 16.3. The molecule has 1 aliphatic heterocycles. The van der Waals surface area contributed by atoms with E-state index >= 15 is 0 Å². The quantitative estimate of drug-likeness (QED) is 0.766. The van der Waals surface area contributed by atoms with Crippen molar-refractivity contribution in [3.63, 3.8) is 0 Å². The fourth-order valence-electron chi connectivity index (χ4n) is 2.86. The molecule has 0 saturated carbocycles.